The van der Waals surface area contributed by atoms with Gasteiger partial charge in [0.2, 0.25) is 0 Å². The summed E-state index contributed by atoms with van der Waals surface area (Å²) in [6, 6.07) is 0. The molecule has 1 aliphatic heterocycles. The van der Waals surface area contributed by atoms with E-state index in [-0.39, 0.29) is 23.4 Å². The predicted molar refractivity (Wildman–Crippen MR) is 121 cm³/mol. The maximum absolute atomic E-state index is 12.2. The van der Waals surface area contributed by atoms with Crippen LogP contribution in [0.2, 0.25) is 0 Å². The number of anilines is 1. The second-order valence-electron chi connectivity index (χ2n) is 7.44. The highest BCUT2D eigenvalue weighted by Gasteiger charge is 2.45. The summed E-state index contributed by atoms with van der Waals surface area (Å²) in [5, 5.41) is 3.51. The Morgan fingerprint density at radius 1 is 1.30 bits per heavy atom. The van der Waals surface area contributed by atoms with Crippen LogP contribution in [-0.4, -0.2) is 63.6 Å². The maximum Gasteiger partial charge on any atom is 0.490 e. The molecule has 4 unspecified atom stereocenters. The molecule has 0 aromatic carbocycles. The first-order valence-electron chi connectivity index (χ1n) is 9.81. The van der Waals surface area contributed by atoms with E-state index in [2.05, 4.69) is 40.2 Å². The Bertz CT molecular complexity index is 1360. The van der Waals surface area contributed by atoms with E-state index in [9.17, 15) is 23.5 Å². The first-order chi connectivity index (χ1) is 17.1. The highest BCUT2D eigenvalue weighted by atomic mass is 31.3. The quantitative estimate of drug-likeness (QED) is 0.0776. The molecule has 1 saturated heterocycles. The summed E-state index contributed by atoms with van der Waals surface area (Å²) in [5.41, 5.74) is 13.6. The molecule has 0 spiro atoms. The SMILES string of the molecule is C=CC(C)(N=[N+]=[N-])O[C@@H]1C[C@H](n2cnc3c(N)ncnc32)OC1COP(=O)(O)OP(=O)(O)OP(=O)(O)O. The van der Waals surface area contributed by atoms with E-state index in [1.807, 2.05) is 0 Å². The van der Waals surface area contributed by atoms with Crippen LogP contribution < -0.4 is 5.73 Å². The molecule has 20 nitrogen and oxygen atoms in total. The fourth-order valence-corrected chi connectivity index (χ4v) is 6.23. The number of ether oxygens (including phenoxy) is 2. The van der Waals surface area contributed by atoms with Gasteiger partial charge in [0, 0.05) is 11.3 Å². The van der Waals surface area contributed by atoms with Crippen LogP contribution in [0.4, 0.5) is 5.82 Å². The first kappa shape index (κ1) is 29.3. The summed E-state index contributed by atoms with van der Waals surface area (Å²) in [6.45, 7) is 4.10. The third kappa shape index (κ3) is 7.63. The van der Waals surface area contributed by atoms with Crippen LogP contribution in [0.15, 0.2) is 30.4 Å². The molecule has 6 N–H and O–H groups in total. The molecule has 3 heterocycles. The van der Waals surface area contributed by atoms with Crippen molar-refractivity contribution >= 4 is 40.4 Å². The van der Waals surface area contributed by atoms with Gasteiger partial charge < -0.3 is 34.8 Å². The topological polar surface area (TPSA) is 297 Å². The average molecular weight is 586 g/mol. The Balaban J connectivity index is 1.83. The summed E-state index contributed by atoms with van der Waals surface area (Å²) in [5.74, 6) is 0.0985. The van der Waals surface area contributed by atoms with E-state index in [1.165, 1.54) is 30.2 Å². The zero-order chi connectivity index (χ0) is 27.6. The molecule has 0 radical (unpaired) electrons. The van der Waals surface area contributed by atoms with Crippen molar-refractivity contribution in [3.8, 4) is 0 Å². The van der Waals surface area contributed by atoms with Crippen molar-refractivity contribution in [3.05, 3.63) is 35.8 Å². The lowest BCUT2D eigenvalue weighted by Gasteiger charge is -2.27. The third-order valence-corrected chi connectivity index (χ3v) is 8.51. The van der Waals surface area contributed by atoms with Gasteiger partial charge in [-0.1, -0.05) is 11.2 Å². The number of phosphoric acid groups is 3. The van der Waals surface area contributed by atoms with Gasteiger partial charge in [-0.3, -0.25) is 9.09 Å². The Kier molecular flexibility index (Phi) is 8.58. The molecule has 1 fully saturated rings. The summed E-state index contributed by atoms with van der Waals surface area (Å²) in [6.07, 6.45) is 0.662. The Morgan fingerprint density at radius 3 is 2.62 bits per heavy atom. The molecule has 37 heavy (non-hydrogen) atoms. The van der Waals surface area contributed by atoms with Crippen molar-refractivity contribution in [1.29, 1.82) is 0 Å². The number of aromatic nitrogens is 4. The Morgan fingerprint density at radius 2 is 2.00 bits per heavy atom. The van der Waals surface area contributed by atoms with E-state index < -0.39 is 54.2 Å². The Labute approximate surface area is 207 Å². The largest absolute Gasteiger partial charge is 0.490 e. The smallest absolute Gasteiger partial charge is 0.382 e. The number of hydrogen-bond acceptors (Lipinski definition) is 13. The van der Waals surface area contributed by atoms with Crippen LogP contribution in [-0.2, 0) is 36.3 Å². The lowest BCUT2D eigenvalue weighted by atomic mass is 10.1. The first-order valence-corrected chi connectivity index (χ1v) is 14.3. The monoisotopic (exact) mass is 586 g/mol. The van der Waals surface area contributed by atoms with Crippen molar-refractivity contribution in [3.63, 3.8) is 0 Å². The normalized spacial score (nSPS) is 25.1. The molecule has 0 amide bonds. The second-order valence-corrected chi connectivity index (χ2v) is 11.9. The number of fused-ring (bicyclic) bond motifs is 1. The summed E-state index contributed by atoms with van der Waals surface area (Å²) < 4.78 is 59.8. The number of imidazole rings is 1. The minimum atomic E-state index is -5.72. The van der Waals surface area contributed by atoms with Gasteiger partial charge in [0.05, 0.1) is 19.0 Å². The fraction of sp³-hybridized carbons (Fsp3) is 0.500. The van der Waals surface area contributed by atoms with Crippen molar-refractivity contribution in [2.45, 2.75) is 37.5 Å². The minimum Gasteiger partial charge on any atom is -0.382 e. The summed E-state index contributed by atoms with van der Waals surface area (Å²) >= 11 is 0. The van der Waals surface area contributed by atoms with E-state index in [0.29, 0.717) is 0 Å². The van der Waals surface area contributed by atoms with Gasteiger partial charge in [-0.25, -0.2) is 28.6 Å². The van der Waals surface area contributed by atoms with Crippen LogP contribution in [0.5, 0.6) is 0 Å². The molecule has 23 heteroatoms. The molecule has 204 valence electrons. The van der Waals surface area contributed by atoms with Crippen molar-refractivity contribution < 1.29 is 55.9 Å². The van der Waals surface area contributed by atoms with Gasteiger partial charge in [-0.05, 0) is 12.5 Å². The standard InChI is InChI=1S/C14H21N8O12P3/c1-3-14(2,20-21-16)32-8-4-10(22-7-19-11-12(15)17-6-18-13(11)22)31-9(8)5-30-36(26,27)34-37(28,29)33-35(23,24)25/h3,6-10H,1,4-5H2,2H3,(H,26,27)(H,28,29)(H2,15,17,18)(H2,23,24,25)/t8-,9?,10-,14?/m1/s1. The van der Waals surface area contributed by atoms with E-state index in [0.717, 1.165) is 0 Å². The molecule has 2 aromatic rings. The molecule has 0 aliphatic carbocycles. The van der Waals surface area contributed by atoms with Crippen LogP contribution >= 0.6 is 23.5 Å². The molecule has 2 aromatic heterocycles. The number of nitrogen functional groups attached to an aromatic ring is 1. The van der Waals surface area contributed by atoms with Crippen molar-refractivity contribution in [2.24, 2.45) is 5.11 Å². The Hall–Kier alpha value is -2.27. The minimum absolute atomic E-state index is 0.0180. The third-order valence-electron chi connectivity index (χ3n) is 4.71. The number of nitrogens with zero attached hydrogens (tertiary/aromatic N) is 7. The van der Waals surface area contributed by atoms with Crippen molar-refractivity contribution in [1.82, 2.24) is 19.5 Å². The average Bonchev–Trinajstić information content (AvgIpc) is 3.34. The molecule has 6 atom stereocenters. The highest BCUT2D eigenvalue weighted by molar-refractivity contribution is 7.66. The van der Waals surface area contributed by atoms with Gasteiger partial charge in [-0.2, -0.15) is 8.62 Å². The summed E-state index contributed by atoms with van der Waals surface area (Å²) in [4.78, 5) is 51.2. The highest BCUT2D eigenvalue weighted by Crippen LogP contribution is 2.66. The second kappa shape index (κ2) is 10.8. The van der Waals surface area contributed by atoms with E-state index >= 15 is 0 Å². The molecule has 3 rings (SSSR count). The lowest BCUT2D eigenvalue weighted by Crippen LogP contribution is -2.36. The molecule has 0 bridgehead atoms. The maximum atomic E-state index is 12.2. The molecular weight excluding hydrogens is 565 g/mol. The number of rotatable bonds is 12. The van der Waals surface area contributed by atoms with Crippen LogP contribution in [0.1, 0.15) is 19.6 Å². The van der Waals surface area contributed by atoms with Gasteiger partial charge in [0.25, 0.3) is 0 Å². The lowest BCUT2D eigenvalue weighted by molar-refractivity contribution is -0.0975. The van der Waals surface area contributed by atoms with E-state index in [1.54, 1.807) is 0 Å². The van der Waals surface area contributed by atoms with Crippen LogP contribution in [0.3, 0.4) is 0 Å². The number of hydrogen-bond donors (Lipinski definition) is 5. The zero-order valence-electron chi connectivity index (χ0n) is 18.7. The number of azide groups is 1. The van der Waals surface area contributed by atoms with Gasteiger partial charge in [-0.15, -0.1) is 6.58 Å². The number of nitrogens with two attached hydrogens (primary N) is 1. The van der Waals surface area contributed by atoms with Gasteiger partial charge >= 0.3 is 23.5 Å². The molecular formula is C14H21N8O12P3. The molecule has 0 saturated carbocycles. The van der Waals surface area contributed by atoms with Gasteiger partial charge in [0.15, 0.2) is 17.2 Å². The van der Waals surface area contributed by atoms with Crippen LogP contribution in [0, 0.1) is 0 Å². The fourth-order valence-electron chi connectivity index (χ4n) is 3.20. The van der Waals surface area contributed by atoms with Crippen LogP contribution in [0.25, 0.3) is 21.6 Å². The predicted octanol–water partition coefficient (Wildman–Crippen LogP) is 1.64. The summed E-state index contributed by atoms with van der Waals surface area (Å²) in [7, 11) is -16.7. The van der Waals surface area contributed by atoms with Crippen molar-refractivity contribution in [2.75, 3.05) is 12.3 Å². The van der Waals surface area contributed by atoms with E-state index in [4.69, 9.17) is 35.0 Å². The molecule has 1 aliphatic rings. The zero-order valence-corrected chi connectivity index (χ0v) is 21.4. The number of phosphoric ester groups is 1. The van der Waals surface area contributed by atoms with Gasteiger partial charge in [0.1, 0.15) is 24.2 Å².